The molecule has 0 heterocycles. The van der Waals surface area contributed by atoms with Crippen molar-refractivity contribution in [2.45, 2.75) is 24.8 Å². The fourth-order valence-corrected chi connectivity index (χ4v) is 3.22. The number of aryl methyl sites for hydroxylation is 1. The van der Waals surface area contributed by atoms with E-state index in [9.17, 15) is 8.42 Å². The molecule has 1 atom stereocenters. The Morgan fingerprint density at radius 2 is 2.00 bits per heavy atom. The van der Waals surface area contributed by atoms with Crippen molar-refractivity contribution in [1.29, 1.82) is 0 Å². The van der Waals surface area contributed by atoms with E-state index in [-0.39, 0.29) is 23.3 Å². The van der Waals surface area contributed by atoms with Crippen LogP contribution < -0.4 is 14.8 Å². The molecular formula is C12H20BrClN2O3S. The van der Waals surface area contributed by atoms with Crippen molar-refractivity contribution in [2.75, 3.05) is 20.7 Å². The third-order valence-corrected chi connectivity index (χ3v) is 5.11. The van der Waals surface area contributed by atoms with E-state index >= 15 is 0 Å². The first-order chi connectivity index (χ1) is 8.81. The third-order valence-electron chi connectivity index (χ3n) is 2.81. The van der Waals surface area contributed by atoms with E-state index in [2.05, 4.69) is 26.0 Å². The van der Waals surface area contributed by atoms with Gasteiger partial charge in [-0.15, -0.1) is 12.4 Å². The first-order valence-electron chi connectivity index (χ1n) is 5.83. The van der Waals surface area contributed by atoms with Crippen molar-refractivity contribution < 1.29 is 13.2 Å². The minimum atomic E-state index is -3.59. The largest absolute Gasteiger partial charge is 0.495 e. The van der Waals surface area contributed by atoms with Crippen LogP contribution in [0.1, 0.15) is 12.5 Å². The molecule has 0 aliphatic carbocycles. The Balaban J connectivity index is 0.00000361. The predicted molar refractivity (Wildman–Crippen MR) is 86.4 cm³/mol. The number of sulfonamides is 1. The van der Waals surface area contributed by atoms with Crippen LogP contribution >= 0.6 is 28.3 Å². The second-order valence-corrected chi connectivity index (χ2v) is 6.88. The van der Waals surface area contributed by atoms with E-state index < -0.39 is 10.0 Å². The molecule has 1 aromatic carbocycles. The highest BCUT2D eigenvalue weighted by atomic mass is 79.9. The zero-order valence-corrected chi connectivity index (χ0v) is 15.1. The molecule has 1 unspecified atom stereocenters. The Bertz CT molecular complexity index is 552. The van der Waals surface area contributed by atoms with Crippen molar-refractivity contribution >= 4 is 38.4 Å². The molecule has 2 N–H and O–H groups in total. The summed E-state index contributed by atoms with van der Waals surface area (Å²) in [4.78, 5) is 0.135. The number of ether oxygens (including phenoxy) is 1. The van der Waals surface area contributed by atoms with Crippen molar-refractivity contribution in [1.82, 2.24) is 10.0 Å². The Hall–Kier alpha value is -0.340. The number of halogens is 2. The van der Waals surface area contributed by atoms with Crippen LogP contribution in [0.25, 0.3) is 0 Å². The van der Waals surface area contributed by atoms with Crippen LogP contribution in [0.5, 0.6) is 5.75 Å². The quantitative estimate of drug-likeness (QED) is 0.784. The van der Waals surface area contributed by atoms with Gasteiger partial charge in [0.25, 0.3) is 0 Å². The van der Waals surface area contributed by atoms with E-state index in [1.165, 1.54) is 7.11 Å². The molecule has 0 saturated heterocycles. The topological polar surface area (TPSA) is 67.4 Å². The summed E-state index contributed by atoms with van der Waals surface area (Å²) in [5, 5.41) is 2.97. The average molecular weight is 388 g/mol. The monoisotopic (exact) mass is 386 g/mol. The first kappa shape index (κ1) is 19.7. The van der Waals surface area contributed by atoms with Crippen LogP contribution in [0.2, 0.25) is 0 Å². The second kappa shape index (κ2) is 8.19. The Labute approximate surface area is 135 Å². The molecular weight excluding hydrogens is 368 g/mol. The van der Waals surface area contributed by atoms with Crippen LogP contribution in [0, 0.1) is 6.92 Å². The molecule has 0 bridgehead atoms. The summed E-state index contributed by atoms with van der Waals surface area (Å²) in [7, 11) is -0.356. The summed E-state index contributed by atoms with van der Waals surface area (Å²) in [5.74, 6) is 0.338. The third kappa shape index (κ3) is 4.89. The van der Waals surface area contributed by atoms with E-state index in [0.717, 1.165) is 10.0 Å². The van der Waals surface area contributed by atoms with Crippen LogP contribution in [-0.4, -0.2) is 35.2 Å². The zero-order valence-electron chi connectivity index (χ0n) is 11.9. The normalized spacial score (nSPS) is 12.7. The maximum atomic E-state index is 12.3. The van der Waals surface area contributed by atoms with E-state index in [1.807, 2.05) is 13.8 Å². The number of likely N-dealkylation sites (N-methyl/N-ethyl adjacent to an activating group) is 1. The van der Waals surface area contributed by atoms with Gasteiger partial charge < -0.3 is 10.1 Å². The number of benzene rings is 1. The lowest BCUT2D eigenvalue weighted by Crippen LogP contribution is -2.37. The first-order valence-corrected chi connectivity index (χ1v) is 8.10. The van der Waals surface area contributed by atoms with Gasteiger partial charge in [-0.2, -0.15) is 0 Å². The maximum absolute atomic E-state index is 12.3. The standard InChI is InChI=1S/C12H19BrN2O3S.ClH/c1-8-5-11(18-4)12(6-10(8)13)19(16,17)15-7-9(2)14-3;/h5-6,9,14-15H,7H2,1-4H3;1H. The van der Waals surface area contributed by atoms with Gasteiger partial charge in [-0.25, -0.2) is 13.1 Å². The van der Waals surface area contributed by atoms with E-state index in [1.54, 1.807) is 19.2 Å². The average Bonchev–Trinajstić information content (AvgIpc) is 2.38. The summed E-state index contributed by atoms with van der Waals surface area (Å²) in [6, 6.07) is 3.30. The highest BCUT2D eigenvalue weighted by molar-refractivity contribution is 9.10. The molecule has 8 heteroatoms. The lowest BCUT2D eigenvalue weighted by Gasteiger charge is -2.15. The Kier molecular flexibility index (Phi) is 8.05. The van der Waals surface area contributed by atoms with Gasteiger partial charge in [-0.1, -0.05) is 15.9 Å². The van der Waals surface area contributed by atoms with Gasteiger partial charge in [-0.05, 0) is 38.6 Å². The smallest absolute Gasteiger partial charge is 0.244 e. The van der Waals surface area contributed by atoms with Crippen molar-refractivity contribution in [3.8, 4) is 5.75 Å². The molecule has 0 amide bonds. The Morgan fingerprint density at radius 3 is 2.50 bits per heavy atom. The summed E-state index contributed by atoms with van der Waals surface area (Å²) in [6.45, 7) is 4.08. The van der Waals surface area contributed by atoms with Crippen molar-refractivity contribution in [2.24, 2.45) is 0 Å². The summed E-state index contributed by atoms with van der Waals surface area (Å²) < 4.78 is 32.9. The number of hydrogen-bond acceptors (Lipinski definition) is 4. The SMILES string of the molecule is CNC(C)CNS(=O)(=O)c1cc(Br)c(C)cc1OC.Cl. The molecule has 0 saturated carbocycles. The molecule has 0 fully saturated rings. The minimum Gasteiger partial charge on any atom is -0.495 e. The molecule has 0 spiro atoms. The van der Waals surface area contributed by atoms with Crippen LogP contribution in [0.4, 0.5) is 0 Å². The number of rotatable bonds is 6. The lowest BCUT2D eigenvalue weighted by molar-refractivity contribution is 0.401. The zero-order chi connectivity index (χ0) is 14.6. The van der Waals surface area contributed by atoms with E-state index in [4.69, 9.17) is 4.74 Å². The molecule has 0 aliphatic rings. The van der Waals surface area contributed by atoms with Gasteiger partial charge in [0.15, 0.2) is 0 Å². The maximum Gasteiger partial charge on any atom is 0.244 e. The number of methoxy groups -OCH3 is 1. The van der Waals surface area contributed by atoms with Gasteiger partial charge in [0, 0.05) is 17.1 Å². The van der Waals surface area contributed by atoms with Crippen LogP contribution in [0.15, 0.2) is 21.5 Å². The summed E-state index contributed by atoms with van der Waals surface area (Å²) in [6.07, 6.45) is 0. The molecule has 20 heavy (non-hydrogen) atoms. The molecule has 0 aliphatic heterocycles. The summed E-state index contributed by atoms with van der Waals surface area (Å²) in [5.41, 5.74) is 0.916. The molecule has 0 radical (unpaired) electrons. The highest BCUT2D eigenvalue weighted by Crippen LogP contribution is 2.30. The van der Waals surface area contributed by atoms with E-state index in [0.29, 0.717) is 12.3 Å². The van der Waals surface area contributed by atoms with Crippen LogP contribution in [-0.2, 0) is 10.0 Å². The van der Waals surface area contributed by atoms with Gasteiger partial charge in [0.05, 0.1) is 7.11 Å². The second-order valence-electron chi connectivity index (χ2n) is 4.29. The predicted octanol–water partition coefficient (Wildman–Crippen LogP) is 2.07. The van der Waals surface area contributed by atoms with Crippen LogP contribution in [0.3, 0.4) is 0 Å². The van der Waals surface area contributed by atoms with Gasteiger partial charge >= 0.3 is 0 Å². The van der Waals surface area contributed by atoms with Gasteiger partial charge in [0.2, 0.25) is 10.0 Å². The molecule has 1 rings (SSSR count). The molecule has 1 aromatic rings. The van der Waals surface area contributed by atoms with Gasteiger partial charge in [0.1, 0.15) is 10.6 Å². The number of hydrogen-bond donors (Lipinski definition) is 2. The highest BCUT2D eigenvalue weighted by Gasteiger charge is 2.21. The summed E-state index contributed by atoms with van der Waals surface area (Å²) >= 11 is 3.34. The molecule has 0 aromatic heterocycles. The van der Waals surface area contributed by atoms with Gasteiger partial charge in [-0.3, -0.25) is 0 Å². The molecule has 5 nitrogen and oxygen atoms in total. The minimum absolute atomic E-state index is 0. The van der Waals surface area contributed by atoms with Crippen molar-refractivity contribution in [3.63, 3.8) is 0 Å². The fourth-order valence-electron chi connectivity index (χ4n) is 1.42. The van der Waals surface area contributed by atoms with Crippen molar-refractivity contribution in [3.05, 3.63) is 22.2 Å². The number of nitrogens with one attached hydrogen (secondary N) is 2. The lowest BCUT2D eigenvalue weighted by atomic mass is 10.2. The molecule has 116 valence electrons. The Morgan fingerprint density at radius 1 is 1.40 bits per heavy atom. The fraction of sp³-hybridized carbons (Fsp3) is 0.500.